The van der Waals surface area contributed by atoms with E-state index in [0.29, 0.717) is 6.61 Å². The van der Waals surface area contributed by atoms with E-state index >= 15 is 0 Å². The number of benzene rings is 3. The number of hydrogen-bond acceptors (Lipinski definition) is 2. The Hall–Kier alpha value is -2.58. The summed E-state index contributed by atoms with van der Waals surface area (Å²) in [5.74, 6) is 0.858. The molecule has 0 spiro atoms. The summed E-state index contributed by atoms with van der Waals surface area (Å²) < 4.78 is 5.89. The SMILES string of the molecule is OCCOc1c(Cc2ccccc2)cccc1-c1ccccc1. The maximum Gasteiger partial charge on any atom is 0.130 e. The summed E-state index contributed by atoms with van der Waals surface area (Å²) >= 11 is 0. The monoisotopic (exact) mass is 304 g/mol. The molecule has 0 heterocycles. The first-order valence-electron chi connectivity index (χ1n) is 7.83. The van der Waals surface area contributed by atoms with Crippen molar-refractivity contribution in [2.75, 3.05) is 13.2 Å². The lowest BCUT2D eigenvalue weighted by Gasteiger charge is -2.16. The molecule has 3 rings (SSSR count). The molecule has 3 aromatic rings. The lowest BCUT2D eigenvalue weighted by atomic mass is 9.97. The van der Waals surface area contributed by atoms with Crippen molar-refractivity contribution in [2.24, 2.45) is 0 Å². The Labute approximate surface area is 137 Å². The lowest BCUT2D eigenvalue weighted by Crippen LogP contribution is -2.05. The Morgan fingerprint density at radius 3 is 2.13 bits per heavy atom. The second kappa shape index (κ2) is 7.61. The molecule has 0 fully saturated rings. The molecule has 0 saturated carbocycles. The van der Waals surface area contributed by atoms with E-state index in [9.17, 15) is 0 Å². The quantitative estimate of drug-likeness (QED) is 0.735. The van der Waals surface area contributed by atoms with Gasteiger partial charge in [0.25, 0.3) is 0 Å². The highest BCUT2D eigenvalue weighted by Crippen LogP contribution is 2.34. The zero-order valence-corrected chi connectivity index (χ0v) is 13.0. The minimum atomic E-state index is 0.00784. The third-order valence-corrected chi connectivity index (χ3v) is 3.76. The molecule has 2 heteroatoms. The summed E-state index contributed by atoms with van der Waals surface area (Å²) in [6.07, 6.45) is 0.808. The average molecular weight is 304 g/mol. The van der Waals surface area contributed by atoms with Crippen LogP contribution in [0.3, 0.4) is 0 Å². The summed E-state index contributed by atoms with van der Waals surface area (Å²) in [5, 5.41) is 9.14. The molecule has 0 aromatic heterocycles. The third kappa shape index (κ3) is 3.79. The summed E-state index contributed by atoms with van der Waals surface area (Å²) in [6.45, 7) is 0.305. The van der Waals surface area contributed by atoms with Gasteiger partial charge in [0, 0.05) is 12.0 Å². The number of rotatable bonds is 6. The number of ether oxygens (including phenoxy) is 1. The van der Waals surface area contributed by atoms with Crippen molar-refractivity contribution < 1.29 is 9.84 Å². The molecule has 1 N–H and O–H groups in total. The van der Waals surface area contributed by atoms with Gasteiger partial charge in [-0.2, -0.15) is 0 Å². The molecule has 0 atom stereocenters. The fraction of sp³-hybridized carbons (Fsp3) is 0.143. The van der Waals surface area contributed by atoms with Gasteiger partial charge >= 0.3 is 0 Å². The molecule has 3 aromatic carbocycles. The van der Waals surface area contributed by atoms with Crippen LogP contribution in [0.15, 0.2) is 78.9 Å². The predicted octanol–water partition coefficient (Wildman–Crippen LogP) is 4.32. The zero-order chi connectivity index (χ0) is 15.9. The Kier molecular flexibility index (Phi) is 5.07. The third-order valence-electron chi connectivity index (χ3n) is 3.76. The Balaban J connectivity index is 2.01. The van der Waals surface area contributed by atoms with E-state index in [4.69, 9.17) is 9.84 Å². The van der Waals surface area contributed by atoms with E-state index in [2.05, 4.69) is 42.5 Å². The van der Waals surface area contributed by atoms with Gasteiger partial charge in [0.15, 0.2) is 0 Å². The number of para-hydroxylation sites is 1. The minimum absolute atomic E-state index is 0.00784. The topological polar surface area (TPSA) is 29.5 Å². The van der Waals surface area contributed by atoms with Crippen LogP contribution in [0.2, 0.25) is 0 Å². The molecule has 0 aliphatic carbocycles. The van der Waals surface area contributed by atoms with Crippen molar-refractivity contribution in [1.82, 2.24) is 0 Å². The van der Waals surface area contributed by atoms with E-state index in [1.54, 1.807) is 0 Å². The number of aliphatic hydroxyl groups excluding tert-OH is 1. The Morgan fingerprint density at radius 1 is 0.739 bits per heavy atom. The van der Waals surface area contributed by atoms with Crippen LogP contribution < -0.4 is 4.74 Å². The lowest BCUT2D eigenvalue weighted by molar-refractivity contribution is 0.201. The zero-order valence-electron chi connectivity index (χ0n) is 13.0. The standard InChI is InChI=1S/C21H20O2/c22-14-15-23-21-19(16-17-8-3-1-4-9-17)12-7-13-20(21)18-10-5-2-6-11-18/h1-13,22H,14-16H2. The number of hydrogen-bond donors (Lipinski definition) is 1. The first-order valence-corrected chi connectivity index (χ1v) is 7.83. The van der Waals surface area contributed by atoms with Crippen molar-refractivity contribution in [2.45, 2.75) is 6.42 Å². The van der Waals surface area contributed by atoms with Gasteiger partial charge in [0.2, 0.25) is 0 Å². The van der Waals surface area contributed by atoms with E-state index in [1.165, 1.54) is 5.56 Å². The normalized spacial score (nSPS) is 10.5. The first-order chi connectivity index (χ1) is 11.4. The molecular weight excluding hydrogens is 284 g/mol. The molecule has 0 saturated heterocycles. The molecular formula is C21H20O2. The van der Waals surface area contributed by atoms with E-state index in [1.807, 2.05) is 36.4 Å². The number of aliphatic hydroxyl groups is 1. The van der Waals surface area contributed by atoms with Crippen LogP contribution in [0.5, 0.6) is 5.75 Å². The van der Waals surface area contributed by atoms with Crippen LogP contribution in [0, 0.1) is 0 Å². The molecule has 116 valence electrons. The summed E-state index contributed by atoms with van der Waals surface area (Å²) in [7, 11) is 0. The first kappa shape index (κ1) is 15.3. The largest absolute Gasteiger partial charge is 0.490 e. The molecule has 0 radical (unpaired) electrons. The molecule has 0 aliphatic heterocycles. The summed E-state index contributed by atoms with van der Waals surface area (Å²) in [6, 6.07) is 26.8. The summed E-state index contributed by atoms with van der Waals surface area (Å²) in [5.41, 5.74) is 4.56. The van der Waals surface area contributed by atoms with Crippen LogP contribution in [0.4, 0.5) is 0 Å². The van der Waals surface area contributed by atoms with Gasteiger partial charge in [0.1, 0.15) is 12.4 Å². The van der Waals surface area contributed by atoms with Crippen molar-refractivity contribution >= 4 is 0 Å². The fourth-order valence-electron chi connectivity index (χ4n) is 2.70. The second-order valence-electron chi connectivity index (χ2n) is 5.39. The fourth-order valence-corrected chi connectivity index (χ4v) is 2.70. The van der Waals surface area contributed by atoms with Crippen molar-refractivity contribution in [3.05, 3.63) is 90.0 Å². The van der Waals surface area contributed by atoms with Crippen LogP contribution in [-0.4, -0.2) is 18.3 Å². The summed E-state index contributed by atoms with van der Waals surface area (Å²) in [4.78, 5) is 0. The Bertz CT molecular complexity index is 736. The molecule has 0 aliphatic rings. The molecule has 0 unspecified atom stereocenters. The van der Waals surface area contributed by atoms with Gasteiger partial charge in [-0.3, -0.25) is 0 Å². The van der Waals surface area contributed by atoms with Crippen LogP contribution >= 0.6 is 0 Å². The van der Waals surface area contributed by atoms with Gasteiger partial charge in [-0.1, -0.05) is 78.9 Å². The highest BCUT2D eigenvalue weighted by Gasteiger charge is 2.12. The van der Waals surface area contributed by atoms with Crippen LogP contribution in [-0.2, 0) is 6.42 Å². The molecule has 0 amide bonds. The average Bonchev–Trinajstić information content (AvgIpc) is 2.62. The van der Waals surface area contributed by atoms with Crippen molar-refractivity contribution in [1.29, 1.82) is 0 Å². The van der Waals surface area contributed by atoms with Crippen molar-refractivity contribution in [3.63, 3.8) is 0 Å². The van der Waals surface area contributed by atoms with Crippen LogP contribution in [0.25, 0.3) is 11.1 Å². The highest BCUT2D eigenvalue weighted by atomic mass is 16.5. The minimum Gasteiger partial charge on any atom is -0.490 e. The van der Waals surface area contributed by atoms with E-state index in [0.717, 1.165) is 28.9 Å². The van der Waals surface area contributed by atoms with Gasteiger partial charge in [0.05, 0.1) is 6.61 Å². The van der Waals surface area contributed by atoms with Crippen molar-refractivity contribution in [3.8, 4) is 16.9 Å². The van der Waals surface area contributed by atoms with Gasteiger partial charge in [-0.15, -0.1) is 0 Å². The Morgan fingerprint density at radius 2 is 1.43 bits per heavy atom. The van der Waals surface area contributed by atoms with Gasteiger partial charge in [-0.25, -0.2) is 0 Å². The van der Waals surface area contributed by atoms with E-state index < -0.39 is 0 Å². The second-order valence-corrected chi connectivity index (χ2v) is 5.39. The van der Waals surface area contributed by atoms with E-state index in [-0.39, 0.29) is 6.61 Å². The molecule has 0 bridgehead atoms. The highest BCUT2D eigenvalue weighted by molar-refractivity contribution is 5.72. The van der Waals surface area contributed by atoms with Gasteiger partial charge < -0.3 is 9.84 Å². The maximum atomic E-state index is 9.14. The molecule has 23 heavy (non-hydrogen) atoms. The maximum absolute atomic E-state index is 9.14. The van der Waals surface area contributed by atoms with Crippen LogP contribution in [0.1, 0.15) is 11.1 Å². The van der Waals surface area contributed by atoms with Gasteiger partial charge in [-0.05, 0) is 16.7 Å². The molecule has 2 nitrogen and oxygen atoms in total. The predicted molar refractivity (Wildman–Crippen MR) is 93.7 cm³/mol. The smallest absolute Gasteiger partial charge is 0.130 e.